The Morgan fingerprint density at radius 2 is 2.21 bits per heavy atom. The summed E-state index contributed by atoms with van der Waals surface area (Å²) in [6.45, 7) is 3.67. The predicted octanol–water partition coefficient (Wildman–Crippen LogP) is 2.87. The average molecular weight is 280 g/mol. The van der Waals surface area contributed by atoms with Crippen molar-refractivity contribution in [3.8, 4) is 0 Å². The van der Waals surface area contributed by atoms with Crippen LogP contribution in [0.4, 0.5) is 0 Å². The van der Waals surface area contributed by atoms with E-state index in [9.17, 15) is 0 Å². The lowest BCUT2D eigenvalue weighted by atomic mass is 10.1. The molecule has 2 aromatic rings. The highest BCUT2D eigenvalue weighted by atomic mass is 35.5. The van der Waals surface area contributed by atoms with E-state index in [0.29, 0.717) is 11.9 Å². The predicted molar refractivity (Wildman–Crippen MR) is 75.8 cm³/mol. The van der Waals surface area contributed by atoms with Crippen LogP contribution in [0, 0.1) is 6.92 Å². The van der Waals surface area contributed by atoms with E-state index in [0.717, 1.165) is 55.0 Å². The third-order valence-corrected chi connectivity index (χ3v) is 3.80. The summed E-state index contributed by atoms with van der Waals surface area (Å²) in [5.41, 5.74) is 3.10. The molecule has 3 rings (SSSR count). The van der Waals surface area contributed by atoms with Gasteiger partial charge in [-0.25, -0.2) is 9.97 Å². The van der Waals surface area contributed by atoms with Gasteiger partial charge in [0.05, 0.1) is 0 Å². The molecule has 0 aromatic carbocycles. The number of aromatic nitrogens is 3. The first-order valence-electron chi connectivity index (χ1n) is 6.77. The van der Waals surface area contributed by atoms with Crippen molar-refractivity contribution in [2.24, 2.45) is 0 Å². The minimum absolute atomic E-state index is 0.437. The fourth-order valence-electron chi connectivity index (χ4n) is 2.72. The van der Waals surface area contributed by atoms with Crippen molar-refractivity contribution < 1.29 is 4.74 Å². The zero-order chi connectivity index (χ0) is 13.2. The van der Waals surface area contributed by atoms with Gasteiger partial charge in [0.25, 0.3) is 0 Å². The lowest BCUT2D eigenvalue weighted by Gasteiger charge is -2.25. The molecule has 1 saturated heterocycles. The van der Waals surface area contributed by atoms with Gasteiger partial charge in [-0.3, -0.25) is 0 Å². The smallest absolute Gasteiger partial charge is 0.160 e. The zero-order valence-electron chi connectivity index (χ0n) is 11.1. The molecule has 5 heteroatoms. The summed E-state index contributed by atoms with van der Waals surface area (Å²) in [7, 11) is 0. The summed E-state index contributed by atoms with van der Waals surface area (Å²) >= 11 is 5.91. The Hall–Kier alpha value is -1.13. The van der Waals surface area contributed by atoms with Crippen LogP contribution in [0.1, 0.15) is 30.3 Å². The number of rotatable bonds is 3. The zero-order valence-corrected chi connectivity index (χ0v) is 11.9. The first-order valence-corrected chi connectivity index (χ1v) is 7.30. The molecule has 1 fully saturated rings. The number of pyridine rings is 1. The molecule has 19 heavy (non-hydrogen) atoms. The minimum atomic E-state index is 0.437. The van der Waals surface area contributed by atoms with Crippen LogP contribution in [-0.2, 0) is 11.2 Å². The highest BCUT2D eigenvalue weighted by molar-refractivity contribution is 6.17. The maximum atomic E-state index is 5.91. The number of halogens is 1. The summed E-state index contributed by atoms with van der Waals surface area (Å²) in [5, 5.41) is 0. The van der Waals surface area contributed by atoms with Crippen LogP contribution in [0.2, 0.25) is 0 Å². The van der Waals surface area contributed by atoms with Crippen molar-refractivity contribution in [2.75, 3.05) is 19.1 Å². The monoisotopic (exact) mass is 279 g/mol. The fourth-order valence-corrected chi connectivity index (χ4v) is 2.89. The molecule has 2 aromatic heterocycles. The number of aryl methyl sites for hydroxylation is 2. The number of ether oxygens (including phenoxy) is 1. The first-order chi connectivity index (χ1) is 9.29. The van der Waals surface area contributed by atoms with E-state index in [1.54, 1.807) is 0 Å². The number of hydrogen-bond donors (Lipinski definition) is 0. The molecule has 0 unspecified atom stereocenters. The minimum Gasteiger partial charge on any atom is -0.381 e. The van der Waals surface area contributed by atoms with Gasteiger partial charge in [-0.15, -0.1) is 11.6 Å². The standard InChI is InChI=1S/C14H18ClN3O/c1-10-8-12-14(16-9-10)18(13(17-12)2-5-15)11-3-6-19-7-4-11/h8-9,11H,2-7H2,1H3. The Labute approximate surface area is 117 Å². The van der Waals surface area contributed by atoms with Crippen LogP contribution in [0.3, 0.4) is 0 Å². The van der Waals surface area contributed by atoms with E-state index in [1.165, 1.54) is 0 Å². The third kappa shape index (κ3) is 2.47. The fraction of sp³-hybridized carbons (Fsp3) is 0.571. The second-order valence-electron chi connectivity index (χ2n) is 5.04. The topological polar surface area (TPSA) is 39.9 Å². The van der Waals surface area contributed by atoms with Gasteiger partial charge >= 0.3 is 0 Å². The quantitative estimate of drug-likeness (QED) is 0.811. The Kier molecular flexibility index (Phi) is 3.71. The van der Waals surface area contributed by atoms with Gasteiger partial charge in [-0.1, -0.05) is 0 Å². The average Bonchev–Trinajstić information content (AvgIpc) is 2.77. The van der Waals surface area contributed by atoms with Crippen LogP contribution in [0.15, 0.2) is 12.3 Å². The molecule has 4 nitrogen and oxygen atoms in total. The number of fused-ring (bicyclic) bond motifs is 1. The second kappa shape index (κ2) is 5.47. The van der Waals surface area contributed by atoms with Gasteiger partial charge in [0, 0.05) is 37.8 Å². The van der Waals surface area contributed by atoms with E-state index < -0.39 is 0 Å². The van der Waals surface area contributed by atoms with Gasteiger partial charge in [-0.2, -0.15) is 0 Å². The Bertz CT molecular complexity index is 575. The summed E-state index contributed by atoms with van der Waals surface area (Å²) < 4.78 is 7.73. The van der Waals surface area contributed by atoms with Crippen molar-refractivity contribution in [1.82, 2.24) is 14.5 Å². The summed E-state index contributed by atoms with van der Waals surface area (Å²) in [4.78, 5) is 9.29. The first kappa shape index (κ1) is 12.9. The summed E-state index contributed by atoms with van der Waals surface area (Å²) in [5.74, 6) is 1.64. The van der Waals surface area contributed by atoms with Gasteiger partial charge in [0.15, 0.2) is 5.65 Å². The van der Waals surface area contributed by atoms with Gasteiger partial charge < -0.3 is 9.30 Å². The maximum absolute atomic E-state index is 5.91. The van der Waals surface area contributed by atoms with Crippen molar-refractivity contribution in [3.05, 3.63) is 23.7 Å². The number of imidazole rings is 1. The largest absolute Gasteiger partial charge is 0.381 e. The van der Waals surface area contributed by atoms with Crippen LogP contribution in [0.25, 0.3) is 11.2 Å². The molecule has 0 N–H and O–H groups in total. The van der Waals surface area contributed by atoms with E-state index in [1.807, 2.05) is 13.1 Å². The van der Waals surface area contributed by atoms with Crippen molar-refractivity contribution >= 4 is 22.8 Å². The van der Waals surface area contributed by atoms with Crippen molar-refractivity contribution in [3.63, 3.8) is 0 Å². The highest BCUT2D eigenvalue weighted by Crippen LogP contribution is 2.27. The molecule has 0 atom stereocenters. The Balaban J connectivity index is 2.09. The maximum Gasteiger partial charge on any atom is 0.160 e. The molecule has 0 radical (unpaired) electrons. The molecule has 102 valence electrons. The molecule has 0 aliphatic carbocycles. The molecule has 0 bridgehead atoms. The number of hydrogen-bond acceptors (Lipinski definition) is 3. The Morgan fingerprint density at radius 3 is 2.95 bits per heavy atom. The number of alkyl halides is 1. The second-order valence-corrected chi connectivity index (χ2v) is 5.41. The van der Waals surface area contributed by atoms with Crippen LogP contribution in [0.5, 0.6) is 0 Å². The van der Waals surface area contributed by atoms with Crippen LogP contribution < -0.4 is 0 Å². The summed E-state index contributed by atoms with van der Waals surface area (Å²) in [6, 6.07) is 2.53. The van der Waals surface area contributed by atoms with Crippen LogP contribution >= 0.6 is 11.6 Å². The highest BCUT2D eigenvalue weighted by Gasteiger charge is 2.22. The molecule has 1 aliphatic rings. The molecule has 3 heterocycles. The molecular weight excluding hydrogens is 262 g/mol. The van der Waals surface area contributed by atoms with E-state index in [2.05, 4.69) is 15.6 Å². The lowest BCUT2D eigenvalue weighted by Crippen LogP contribution is -2.21. The normalized spacial score (nSPS) is 17.2. The number of nitrogens with zero attached hydrogens (tertiary/aromatic N) is 3. The van der Waals surface area contributed by atoms with E-state index in [-0.39, 0.29) is 0 Å². The SMILES string of the molecule is Cc1cnc2c(c1)nc(CCCl)n2C1CCOCC1. The van der Waals surface area contributed by atoms with Gasteiger partial charge in [0.1, 0.15) is 11.3 Å². The molecule has 1 aliphatic heterocycles. The van der Waals surface area contributed by atoms with Gasteiger partial charge in [-0.05, 0) is 31.4 Å². The van der Waals surface area contributed by atoms with Crippen LogP contribution in [-0.4, -0.2) is 33.6 Å². The van der Waals surface area contributed by atoms with Crippen molar-refractivity contribution in [2.45, 2.75) is 32.2 Å². The Morgan fingerprint density at radius 1 is 1.42 bits per heavy atom. The lowest BCUT2D eigenvalue weighted by molar-refractivity contribution is 0.0698. The molecular formula is C14H18ClN3O. The van der Waals surface area contributed by atoms with Crippen molar-refractivity contribution in [1.29, 1.82) is 0 Å². The van der Waals surface area contributed by atoms with E-state index >= 15 is 0 Å². The molecule has 0 saturated carbocycles. The summed E-state index contributed by atoms with van der Waals surface area (Å²) in [6.07, 6.45) is 4.74. The molecule has 0 spiro atoms. The third-order valence-electron chi connectivity index (χ3n) is 3.61. The molecule has 0 amide bonds. The van der Waals surface area contributed by atoms with E-state index in [4.69, 9.17) is 21.3 Å². The van der Waals surface area contributed by atoms with Gasteiger partial charge in [0.2, 0.25) is 0 Å².